The summed E-state index contributed by atoms with van der Waals surface area (Å²) in [4.78, 5) is 16.9. The fraction of sp³-hybridized carbons (Fsp3) is 0.316. The van der Waals surface area contributed by atoms with Gasteiger partial charge in [-0.05, 0) is 42.5 Å². The van der Waals surface area contributed by atoms with E-state index in [4.69, 9.17) is 4.74 Å². The number of aromatic hydroxyl groups is 1. The Morgan fingerprint density at radius 3 is 3.08 bits per heavy atom. The normalized spacial score (nSPS) is 16.3. The average molecular weight is 352 g/mol. The highest BCUT2D eigenvalue weighted by Crippen LogP contribution is 2.37. The molecule has 1 aliphatic rings. The highest BCUT2D eigenvalue weighted by Gasteiger charge is 2.25. The van der Waals surface area contributed by atoms with Gasteiger partial charge in [0.2, 0.25) is 0 Å². The summed E-state index contributed by atoms with van der Waals surface area (Å²) in [7, 11) is 3.17. The molecule has 2 N–H and O–H groups in total. The highest BCUT2D eigenvalue weighted by atomic mass is 16.5. The number of phenols is 1. The standard InChI is InChI=1S/C19H20N4O3/c1-23-18-11(10-20-23)9-14(19(25)26-2)17(22-18)21-15-7-3-6-13-12(15)5-4-8-16(13)24/h4-5,8-10,15,24H,3,6-7H2,1-2H3,(H,21,22). The van der Waals surface area contributed by atoms with Gasteiger partial charge in [0, 0.05) is 12.4 Å². The highest BCUT2D eigenvalue weighted by molar-refractivity contribution is 5.98. The van der Waals surface area contributed by atoms with Gasteiger partial charge in [0.15, 0.2) is 5.65 Å². The minimum absolute atomic E-state index is 0.0348. The number of nitrogens with zero attached hydrogens (tertiary/aromatic N) is 3. The van der Waals surface area contributed by atoms with Gasteiger partial charge in [0.25, 0.3) is 0 Å². The van der Waals surface area contributed by atoms with E-state index in [0.29, 0.717) is 22.8 Å². The van der Waals surface area contributed by atoms with Gasteiger partial charge >= 0.3 is 5.97 Å². The lowest BCUT2D eigenvalue weighted by molar-refractivity contribution is 0.0601. The lowest BCUT2D eigenvalue weighted by Crippen LogP contribution is -2.20. The number of methoxy groups -OCH3 is 1. The summed E-state index contributed by atoms with van der Waals surface area (Å²) in [6.07, 6.45) is 4.36. The Morgan fingerprint density at radius 1 is 1.42 bits per heavy atom. The molecule has 1 aromatic carbocycles. The molecule has 0 saturated carbocycles. The van der Waals surface area contributed by atoms with E-state index in [1.54, 1.807) is 23.0 Å². The summed E-state index contributed by atoms with van der Waals surface area (Å²) in [5.41, 5.74) is 3.06. The minimum atomic E-state index is -0.447. The zero-order valence-electron chi connectivity index (χ0n) is 14.7. The summed E-state index contributed by atoms with van der Waals surface area (Å²) in [5, 5.41) is 18.5. The number of hydrogen-bond acceptors (Lipinski definition) is 6. The first-order chi connectivity index (χ1) is 12.6. The Kier molecular flexibility index (Phi) is 3.99. The number of benzene rings is 1. The van der Waals surface area contributed by atoms with E-state index in [-0.39, 0.29) is 6.04 Å². The molecule has 1 aliphatic carbocycles. The van der Waals surface area contributed by atoms with Gasteiger partial charge in [0.1, 0.15) is 17.1 Å². The molecule has 0 amide bonds. The molecule has 4 rings (SSSR count). The van der Waals surface area contributed by atoms with Crippen LogP contribution in [0.25, 0.3) is 11.0 Å². The first kappa shape index (κ1) is 16.4. The number of carbonyl (C=O) groups is 1. The molecule has 134 valence electrons. The van der Waals surface area contributed by atoms with E-state index < -0.39 is 5.97 Å². The van der Waals surface area contributed by atoms with E-state index in [0.717, 1.165) is 35.8 Å². The molecule has 7 heteroatoms. The first-order valence-electron chi connectivity index (χ1n) is 8.57. The van der Waals surface area contributed by atoms with Crippen molar-refractivity contribution in [3.63, 3.8) is 0 Å². The quantitative estimate of drug-likeness (QED) is 0.705. The molecule has 3 aromatic rings. The third-order valence-electron chi connectivity index (χ3n) is 4.91. The lowest BCUT2D eigenvalue weighted by Gasteiger charge is -2.28. The van der Waals surface area contributed by atoms with Crippen LogP contribution >= 0.6 is 0 Å². The van der Waals surface area contributed by atoms with Crippen LogP contribution in [0.1, 0.15) is 40.4 Å². The van der Waals surface area contributed by atoms with Crippen LogP contribution in [0, 0.1) is 0 Å². The molecular formula is C19H20N4O3. The molecule has 0 saturated heterocycles. The smallest absolute Gasteiger partial charge is 0.341 e. The Hall–Kier alpha value is -3.09. The third kappa shape index (κ3) is 2.65. The van der Waals surface area contributed by atoms with Gasteiger partial charge in [-0.25, -0.2) is 9.78 Å². The number of nitrogens with one attached hydrogen (secondary N) is 1. The second-order valence-corrected chi connectivity index (χ2v) is 6.49. The predicted molar refractivity (Wildman–Crippen MR) is 97.3 cm³/mol. The van der Waals surface area contributed by atoms with E-state index in [1.165, 1.54) is 7.11 Å². The summed E-state index contributed by atoms with van der Waals surface area (Å²) in [5.74, 6) is 0.337. The van der Waals surface area contributed by atoms with Crippen molar-refractivity contribution in [1.29, 1.82) is 0 Å². The summed E-state index contributed by atoms with van der Waals surface area (Å²) in [6, 6.07) is 7.27. The molecule has 1 atom stereocenters. The van der Waals surface area contributed by atoms with E-state index in [9.17, 15) is 9.90 Å². The van der Waals surface area contributed by atoms with Gasteiger partial charge in [-0.2, -0.15) is 5.10 Å². The number of anilines is 1. The van der Waals surface area contributed by atoms with Crippen LogP contribution in [-0.2, 0) is 18.2 Å². The van der Waals surface area contributed by atoms with Gasteiger partial charge in [0.05, 0.1) is 19.3 Å². The largest absolute Gasteiger partial charge is 0.508 e. The first-order valence-corrected chi connectivity index (χ1v) is 8.57. The van der Waals surface area contributed by atoms with Crippen LogP contribution in [0.3, 0.4) is 0 Å². The van der Waals surface area contributed by atoms with Crippen molar-refractivity contribution in [3.05, 3.63) is 47.2 Å². The molecule has 0 fully saturated rings. The van der Waals surface area contributed by atoms with E-state index in [2.05, 4.69) is 15.4 Å². The second kappa shape index (κ2) is 6.33. The number of aryl methyl sites for hydroxylation is 1. The number of phenolic OH excluding ortho intramolecular Hbond substituents is 1. The summed E-state index contributed by atoms with van der Waals surface area (Å²) in [6.45, 7) is 0. The topological polar surface area (TPSA) is 89.3 Å². The van der Waals surface area contributed by atoms with Crippen molar-refractivity contribution < 1.29 is 14.6 Å². The van der Waals surface area contributed by atoms with Crippen LogP contribution in [0.4, 0.5) is 5.82 Å². The maximum absolute atomic E-state index is 12.3. The van der Waals surface area contributed by atoms with Crippen molar-refractivity contribution in [1.82, 2.24) is 14.8 Å². The molecule has 2 heterocycles. The molecule has 0 radical (unpaired) electrons. The maximum Gasteiger partial charge on any atom is 0.341 e. The Morgan fingerprint density at radius 2 is 2.27 bits per heavy atom. The van der Waals surface area contributed by atoms with Crippen molar-refractivity contribution in [2.45, 2.75) is 25.3 Å². The molecular weight excluding hydrogens is 332 g/mol. The number of carbonyl (C=O) groups excluding carboxylic acids is 1. The molecule has 0 aliphatic heterocycles. The number of hydrogen-bond donors (Lipinski definition) is 2. The Labute approximate surface area is 150 Å². The van der Waals surface area contributed by atoms with Crippen molar-refractivity contribution in [2.24, 2.45) is 7.05 Å². The van der Waals surface area contributed by atoms with Crippen LogP contribution in [0.15, 0.2) is 30.5 Å². The number of esters is 1. The van der Waals surface area contributed by atoms with Gasteiger partial charge in [-0.15, -0.1) is 0 Å². The van der Waals surface area contributed by atoms with Crippen LogP contribution in [0.2, 0.25) is 0 Å². The molecule has 1 unspecified atom stereocenters. The minimum Gasteiger partial charge on any atom is -0.508 e. The SMILES string of the molecule is COC(=O)c1cc2cnn(C)c2nc1NC1CCCc2c(O)cccc21. The maximum atomic E-state index is 12.3. The Balaban J connectivity index is 1.79. The third-order valence-corrected chi connectivity index (χ3v) is 4.91. The lowest BCUT2D eigenvalue weighted by atomic mass is 9.87. The average Bonchev–Trinajstić information content (AvgIpc) is 3.01. The molecule has 0 bridgehead atoms. The summed E-state index contributed by atoms with van der Waals surface area (Å²) >= 11 is 0. The van der Waals surface area contributed by atoms with Crippen molar-refractivity contribution in [3.8, 4) is 5.75 Å². The van der Waals surface area contributed by atoms with E-state index >= 15 is 0 Å². The van der Waals surface area contributed by atoms with Crippen LogP contribution in [-0.4, -0.2) is 33.0 Å². The zero-order chi connectivity index (χ0) is 18.3. The zero-order valence-corrected chi connectivity index (χ0v) is 14.7. The van der Waals surface area contributed by atoms with Gasteiger partial charge in [-0.3, -0.25) is 4.68 Å². The molecule has 26 heavy (non-hydrogen) atoms. The monoisotopic (exact) mass is 352 g/mol. The van der Waals surface area contributed by atoms with Gasteiger partial charge < -0.3 is 15.2 Å². The number of rotatable bonds is 3. The van der Waals surface area contributed by atoms with E-state index in [1.807, 2.05) is 19.2 Å². The van der Waals surface area contributed by atoms with Crippen LogP contribution in [0.5, 0.6) is 5.75 Å². The fourth-order valence-corrected chi connectivity index (χ4v) is 3.60. The Bertz CT molecular complexity index is 996. The number of aromatic nitrogens is 3. The molecule has 2 aromatic heterocycles. The van der Waals surface area contributed by atoms with Crippen molar-refractivity contribution >= 4 is 22.8 Å². The summed E-state index contributed by atoms with van der Waals surface area (Å²) < 4.78 is 6.59. The number of ether oxygens (including phenoxy) is 1. The molecule has 0 spiro atoms. The fourth-order valence-electron chi connectivity index (χ4n) is 3.60. The van der Waals surface area contributed by atoms with Gasteiger partial charge in [-0.1, -0.05) is 12.1 Å². The number of pyridine rings is 1. The predicted octanol–water partition coefficient (Wildman–Crippen LogP) is 2.95. The molecule has 7 nitrogen and oxygen atoms in total. The number of fused-ring (bicyclic) bond motifs is 2. The van der Waals surface area contributed by atoms with Crippen molar-refractivity contribution in [2.75, 3.05) is 12.4 Å². The van der Waals surface area contributed by atoms with Crippen LogP contribution < -0.4 is 5.32 Å². The second-order valence-electron chi connectivity index (χ2n) is 6.49.